The van der Waals surface area contributed by atoms with Crippen molar-refractivity contribution in [2.75, 3.05) is 12.4 Å². The largest absolute Gasteiger partial charge is 0.395 e. The molecule has 0 fully saturated rings. The molecule has 0 aromatic heterocycles. The highest BCUT2D eigenvalue weighted by Crippen LogP contribution is 2.13. The van der Waals surface area contributed by atoms with Crippen molar-refractivity contribution in [3.63, 3.8) is 0 Å². The Hall–Kier alpha value is -0.0900. The van der Waals surface area contributed by atoms with Gasteiger partial charge in [0.2, 0.25) is 0 Å². The van der Waals surface area contributed by atoms with Gasteiger partial charge in [0.1, 0.15) is 0 Å². The molecule has 98 valence electrons. The van der Waals surface area contributed by atoms with Crippen LogP contribution in [-0.4, -0.2) is 31.1 Å². The summed E-state index contributed by atoms with van der Waals surface area (Å²) in [5.41, 5.74) is 0. The molecule has 0 rings (SSSR count). The maximum absolute atomic E-state index is 11.5. The van der Waals surface area contributed by atoms with Gasteiger partial charge < -0.3 is 5.11 Å². The zero-order chi connectivity index (χ0) is 12.4. The molecule has 0 aromatic rings. The van der Waals surface area contributed by atoms with E-state index >= 15 is 0 Å². The molecule has 0 heterocycles. The molecule has 4 heteroatoms. The molecule has 1 unspecified atom stereocenters. The first-order valence-corrected chi connectivity index (χ1v) is 8.12. The summed E-state index contributed by atoms with van der Waals surface area (Å²) < 4.78 is 23.1. The van der Waals surface area contributed by atoms with Crippen LogP contribution in [0.15, 0.2) is 0 Å². The number of aliphatic hydroxyl groups is 1. The van der Waals surface area contributed by atoms with Crippen molar-refractivity contribution in [1.29, 1.82) is 0 Å². The van der Waals surface area contributed by atoms with Crippen molar-refractivity contribution in [2.24, 2.45) is 0 Å². The number of hydrogen-bond donors (Lipinski definition) is 1. The third-order valence-electron chi connectivity index (χ3n) is 2.99. The van der Waals surface area contributed by atoms with Crippen molar-refractivity contribution in [3.05, 3.63) is 0 Å². The van der Waals surface area contributed by atoms with Crippen LogP contribution in [0.5, 0.6) is 0 Å². The summed E-state index contributed by atoms with van der Waals surface area (Å²) in [7, 11) is -3.06. The van der Waals surface area contributed by atoms with E-state index in [9.17, 15) is 8.42 Å². The number of rotatable bonds is 10. The van der Waals surface area contributed by atoms with E-state index in [2.05, 4.69) is 6.92 Å². The normalized spacial score (nSPS) is 13.9. The Balaban J connectivity index is 3.73. The smallest absolute Gasteiger partial charge is 0.155 e. The molecule has 3 nitrogen and oxygen atoms in total. The van der Waals surface area contributed by atoms with Gasteiger partial charge in [-0.2, -0.15) is 0 Å². The standard InChI is InChI=1S/C12H26O3S/c1-3-5-6-7-8-9-10-12(11-13)16(14,15)4-2/h12-13H,3-11H2,1-2H3. The Morgan fingerprint density at radius 2 is 1.56 bits per heavy atom. The van der Waals surface area contributed by atoms with E-state index in [-0.39, 0.29) is 12.4 Å². The van der Waals surface area contributed by atoms with Crippen LogP contribution in [0.25, 0.3) is 0 Å². The Morgan fingerprint density at radius 3 is 2.06 bits per heavy atom. The van der Waals surface area contributed by atoms with Crippen LogP contribution in [0.1, 0.15) is 58.8 Å². The summed E-state index contributed by atoms with van der Waals surface area (Å²) in [6, 6.07) is 0. The SMILES string of the molecule is CCCCCCCCC(CO)S(=O)(=O)CC. The quantitative estimate of drug-likeness (QED) is 0.606. The van der Waals surface area contributed by atoms with Gasteiger partial charge in [-0.25, -0.2) is 8.42 Å². The van der Waals surface area contributed by atoms with E-state index in [1.165, 1.54) is 25.7 Å². The molecule has 0 aliphatic carbocycles. The third kappa shape index (κ3) is 6.48. The van der Waals surface area contributed by atoms with Crippen molar-refractivity contribution >= 4 is 9.84 Å². The fourth-order valence-electron chi connectivity index (χ4n) is 1.77. The predicted molar refractivity (Wildman–Crippen MR) is 68.3 cm³/mol. The van der Waals surface area contributed by atoms with Gasteiger partial charge in [0, 0.05) is 5.75 Å². The lowest BCUT2D eigenvalue weighted by Crippen LogP contribution is -2.26. The van der Waals surface area contributed by atoms with Crippen LogP contribution in [0.3, 0.4) is 0 Å². The minimum atomic E-state index is -3.06. The van der Waals surface area contributed by atoms with Crippen LogP contribution < -0.4 is 0 Å². The Labute approximate surface area is 100 Å². The minimum absolute atomic E-state index is 0.133. The zero-order valence-corrected chi connectivity index (χ0v) is 11.4. The number of aliphatic hydroxyl groups excluding tert-OH is 1. The topological polar surface area (TPSA) is 54.4 Å². The fraction of sp³-hybridized carbons (Fsp3) is 1.00. The number of hydrogen-bond acceptors (Lipinski definition) is 3. The van der Waals surface area contributed by atoms with Gasteiger partial charge >= 0.3 is 0 Å². The van der Waals surface area contributed by atoms with Gasteiger partial charge in [-0.1, -0.05) is 52.4 Å². The number of sulfone groups is 1. The molecule has 0 radical (unpaired) electrons. The lowest BCUT2D eigenvalue weighted by atomic mass is 10.1. The summed E-state index contributed by atoms with van der Waals surface area (Å²) in [5.74, 6) is 0.133. The van der Waals surface area contributed by atoms with Gasteiger partial charge in [-0.15, -0.1) is 0 Å². The molecule has 0 aliphatic rings. The van der Waals surface area contributed by atoms with Gasteiger partial charge in [-0.05, 0) is 6.42 Å². The van der Waals surface area contributed by atoms with Crippen molar-refractivity contribution in [3.8, 4) is 0 Å². The van der Waals surface area contributed by atoms with Crippen molar-refractivity contribution < 1.29 is 13.5 Å². The van der Waals surface area contributed by atoms with Gasteiger partial charge in [0.25, 0.3) is 0 Å². The molecule has 0 aliphatic heterocycles. The average Bonchev–Trinajstić information content (AvgIpc) is 2.28. The Bertz CT molecular complexity index is 247. The van der Waals surface area contributed by atoms with Crippen LogP contribution >= 0.6 is 0 Å². The van der Waals surface area contributed by atoms with E-state index < -0.39 is 15.1 Å². The zero-order valence-electron chi connectivity index (χ0n) is 10.6. The lowest BCUT2D eigenvalue weighted by Gasteiger charge is -2.13. The highest BCUT2D eigenvalue weighted by atomic mass is 32.2. The Morgan fingerprint density at radius 1 is 1.00 bits per heavy atom. The van der Waals surface area contributed by atoms with E-state index in [0.717, 1.165) is 12.8 Å². The van der Waals surface area contributed by atoms with Gasteiger partial charge in [0.15, 0.2) is 9.84 Å². The summed E-state index contributed by atoms with van der Waals surface area (Å²) >= 11 is 0. The van der Waals surface area contributed by atoms with E-state index in [1.54, 1.807) is 6.92 Å². The molecule has 1 atom stereocenters. The van der Waals surface area contributed by atoms with Crippen LogP contribution in [0.2, 0.25) is 0 Å². The Kier molecular flexibility index (Phi) is 8.94. The molecule has 1 N–H and O–H groups in total. The van der Waals surface area contributed by atoms with Gasteiger partial charge in [0.05, 0.1) is 11.9 Å². The van der Waals surface area contributed by atoms with Crippen molar-refractivity contribution in [2.45, 2.75) is 64.0 Å². The molecular formula is C12H26O3S. The van der Waals surface area contributed by atoms with Crippen LogP contribution in [-0.2, 0) is 9.84 Å². The third-order valence-corrected chi connectivity index (χ3v) is 5.20. The second-order valence-corrected chi connectivity index (χ2v) is 6.88. The first kappa shape index (κ1) is 15.9. The second-order valence-electron chi connectivity index (χ2n) is 4.31. The highest BCUT2D eigenvalue weighted by molar-refractivity contribution is 7.92. The predicted octanol–water partition coefficient (Wildman–Crippen LogP) is 2.53. The van der Waals surface area contributed by atoms with Gasteiger partial charge in [-0.3, -0.25) is 0 Å². The molecule has 16 heavy (non-hydrogen) atoms. The summed E-state index contributed by atoms with van der Waals surface area (Å²) in [6.07, 6.45) is 7.50. The minimum Gasteiger partial charge on any atom is -0.395 e. The molecule has 0 aromatic carbocycles. The van der Waals surface area contributed by atoms with Crippen molar-refractivity contribution in [1.82, 2.24) is 0 Å². The molecule has 0 saturated heterocycles. The van der Waals surface area contributed by atoms with E-state index in [4.69, 9.17) is 5.11 Å². The summed E-state index contributed by atoms with van der Waals surface area (Å²) in [4.78, 5) is 0. The maximum Gasteiger partial charge on any atom is 0.155 e. The molecule has 0 bridgehead atoms. The average molecular weight is 250 g/mol. The molecular weight excluding hydrogens is 224 g/mol. The lowest BCUT2D eigenvalue weighted by molar-refractivity contribution is 0.283. The molecule has 0 saturated carbocycles. The summed E-state index contributed by atoms with van der Waals surface area (Å²) in [6.45, 7) is 3.58. The van der Waals surface area contributed by atoms with Crippen LogP contribution in [0, 0.1) is 0 Å². The second kappa shape index (κ2) is 8.99. The number of unbranched alkanes of at least 4 members (excludes halogenated alkanes) is 5. The first-order valence-electron chi connectivity index (χ1n) is 6.40. The fourth-order valence-corrected chi connectivity index (χ4v) is 3.00. The highest BCUT2D eigenvalue weighted by Gasteiger charge is 2.21. The summed E-state index contributed by atoms with van der Waals surface area (Å²) in [5, 5.41) is 8.52. The monoisotopic (exact) mass is 250 g/mol. The first-order chi connectivity index (χ1) is 7.58. The van der Waals surface area contributed by atoms with E-state index in [0.29, 0.717) is 6.42 Å². The molecule has 0 amide bonds. The maximum atomic E-state index is 11.5. The van der Waals surface area contributed by atoms with E-state index in [1.807, 2.05) is 0 Å². The molecule has 0 spiro atoms. The van der Waals surface area contributed by atoms with Crippen LogP contribution in [0.4, 0.5) is 0 Å².